The van der Waals surface area contributed by atoms with Crippen LogP contribution in [-0.4, -0.2) is 47.0 Å². The zero-order chi connectivity index (χ0) is 19.7. The van der Waals surface area contributed by atoms with E-state index in [4.69, 9.17) is 5.73 Å². The number of aryl methyl sites for hydroxylation is 1. The van der Waals surface area contributed by atoms with Gasteiger partial charge in [-0.1, -0.05) is 12.1 Å². The SMILES string of the molecule is Cc1nc(C(=O)N(C)Cc2cccc(F)c2F)nc(N2CC[C@@H](N)C2)c1C. The van der Waals surface area contributed by atoms with Crippen LogP contribution in [0, 0.1) is 25.5 Å². The highest BCUT2D eigenvalue weighted by atomic mass is 19.2. The Bertz CT molecular complexity index is 873. The lowest BCUT2D eigenvalue weighted by Crippen LogP contribution is -2.31. The average Bonchev–Trinajstić information content (AvgIpc) is 3.06. The van der Waals surface area contributed by atoms with Gasteiger partial charge in [-0.2, -0.15) is 0 Å². The first-order valence-corrected chi connectivity index (χ1v) is 8.82. The highest BCUT2D eigenvalue weighted by molar-refractivity contribution is 5.90. The minimum atomic E-state index is -0.954. The number of rotatable bonds is 4. The Morgan fingerprint density at radius 3 is 2.74 bits per heavy atom. The molecule has 144 valence electrons. The van der Waals surface area contributed by atoms with Crippen LogP contribution in [0.4, 0.5) is 14.6 Å². The number of hydrogen-bond acceptors (Lipinski definition) is 5. The molecule has 27 heavy (non-hydrogen) atoms. The molecule has 0 radical (unpaired) electrons. The van der Waals surface area contributed by atoms with Crippen molar-refractivity contribution in [3.05, 3.63) is 52.5 Å². The number of benzene rings is 1. The highest BCUT2D eigenvalue weighted by Crippen LogP contribution is 2.24. The molecule has 1 fully saturated rings. The summed E-state index contributed by atoms with van der Waals surface area (Å²) >= 11 is 0. The topological polar surface area (TPSA) is 75.4 Å². The van der Waals surface area contributed by atoms with E-state index in [9.17, 15) is 13.6 Å². The summed E-state index contributed by atoms with van der Waals surface area (Å²) < 4.78 is 27.3. The fourth-order valence-electron chi connectivity index (χ4n) is 3.17. The summed E-state index contributed by atoms with van der Waals surface area (Å²) in [6.07, 6.45) is 0.866. The molecule has 0 saturated carbocycles. The molecule has 1 aliphatic heterocycles. The van der Waals surface area contributed by atoms with Crippen molar-refractivity contribution in [1.82, 2.24) is 14.9 Å². The number of amides is 1. The maximum absolute atomic E-state index is 13.9. The second-order valence-electron chi connectivity index (χ2n) is 6.95. The maximum Gasteiger partial charge on any atom is 0.291 e. The number of carbonyl (C=O) groups excluding carboxylic acids is 1. The van der Waals surface area contributed by atoms with Gasteiger partial charge in [0.05, 0.1) is 0 Å². The number of halogens is 2. The third-order valence-electron chi connectivity index (χ3n) is 4.86. The van der Waals surface area contributed by atoms with E-state index < -0.39 is 17.5 Å². The van der Waals surface area contributed by atoms with Crippen LogP contribution < -0.4 is 10.6 Å². The molecule has 1 amide bonds. The van der Waals surface area contributed by atoms with Crippen molar-refractivity contribution in [1.29, 1.82) is 0 Å². The van der Waals surface area contributed by atoms with E-state index in [1.165, 1.54) is 24.1 Å². The average molecular weight is 375 g/mol. The number of aromatic nitrogens is 2. The molecule has 1 saturated heterocycles. The zero-order valence-electron chi connectivity index (χ0n) is 15.7. The molecular formula is C19H23F2N5O. The normalized spacial score (nSPS) is 16.7. The van der Waals surface area contributed by atoms with Crippen LogP contribution in [-0.2, 0) is 6.54 Å². The zero-order valence-corrected chi connectivity index (χ0v) is 15.7. The quantitative estimate of drug-likeness (QED) is 0.887. The van der Waals surface area contributed by atoms with E-state index in [1.54, 1.807) is 0 Å². The van der Waals surface area contributed by atoms with E-state index in [0.29, 0.717) is 18.1 Å². The molecule has 0 bridgehead atoms. The van der Waals surface area contributed by atoms with Gasteiger partial charge in [0.2, 0.25) is 5.82 Å². The van der Waals surface area contributed by atoms with E-state index in [-0.39, 0.29) is 24.0 Å². The number of carbonyl (C=O) groups is 1. The summed E-state index contributed by atoms with van der Waals surface area (Å²) in [7, 11) is 1.51. The Labute approximate surface area is 157 Å². The van der Waals surface area contributed by atoms with Crippen molar-refractivity contribution >= 4 is 11.7 Å². The van der Waals surface area contributed by atoms with Gasteiger partial charge in [0.25, 0.3) is 5.91 Å². The summed E-state index contributed by atoms with van der Waals surface area (Å²) in [5, 5.41) is 0. The van der Waals surface area contributed by atoms with E-state index in [0.717, 1.165) is 24.6 Å². The van der Waals surface area contributed by atoms with Crippen molar-refractivity contribution in [3.8, 4) is 0 Å². The molecule has 1 aromatic carbocycles. The van der Waals surface area contributed by atoms with E-state index >= 15 is 0 Å². The summed E-state index contributed by atoms with van der Waals surface area (Å²) in [4.78, 5) is 24.9. The second-order valence-corrected chi connectivity index (χ2v) is 6.95. The van der Waals surface area contributed by atoms with E-state index in [1.807, 2.05) is 13.8 Å². The van der Waals surface area contributed by atoms with Crippen molar-refractivity contribution in [2.75, 3.05) is 25.0 Å². The molecule has 3 rings (SSSR count). The van der Waals surface area contributed by atoms with Crippen LogP contribution in [0.25, 0.3) is 0 Å². The standard InChI is InChI=1S/C19H23F2N5O/c1-11-12(2)23-17(24-18(11)26-8-7-14(22)10-26)19(27)25(3)9-13-5-4-6-15(20)16(13)21/h4-6,14H,7-10,22H2,1-3H3/t14-/m1/s1. The fraction of sp³-hybridized carbons (Fsp3) is 0.421. The first-order valence-electron chi connectivity index (χ1n) is 8.82. The fourth-order valence-corrected chi connectivity index (χ4v) is 3.17. The minimum Gasteiger partial charge on any atom is -0.355 e. The Morgan fingerprint density at radius 2 is 2.07 bits per heavy atom. The molecule has 0 spiro atoms. The number of nitrogens with two attached hydrogens (primary N) is 1. The summed E-state index contributed by atoms with van der Waals surface area (Å²) in [6.45, 7) is 5.10. The molecule has 8 heteroatoms. The molecule has 2 N–H and O–H groups in total. The van der Waals surface area contributed by atoms with Gasteiger partial charge in [-0.15, -0.1) is 0 Å². The summed E-state index contributed by atoms with van der Waals surface area (Å²) in [6, 6.07) is 3.98. The van der Waals surface area contributed by atoms with Gasteiger partial charge in [-0.3, -0.25) is 4.79 Å². The second kappa shape index (κ2) is 7.56. The lowest BCUT2D eigenvalue weighted by Gasteiger charge is -2.22. The first kappa shape index (κ1) is 19.2. The predicted molar refractivity (Wildman–Crippen MR) is 98.5 cm³/mol. The van der Waals surface area contributed by atoms with Crippen LogP contribution in [0.2, 0.25) is 0 Å². The Kier molecular flexibility index (Phi) is 5.36. The van der Waals surface area contributed by atoms with Crippen LogP contribution in [0.5, 0.6) is 0 Å². The van der Waals surface area contributed by atoms with Crippen molar-refractivity contribution in [3.63, 3.8) is 0 Å². The van der Waals surface area contributed by atoms with Crippen molar-refractivity contribution in [2.45, 2.75) is 32.9 Å². The van der Waals surface area contributed by atoms with E-state index in [2.05, 4.69) is 14.9 Å². The van der Waals surface area contributed by atoms with Crippen LogP contribution >= 0.6 is 0 Å². The van der Waals surface area contributed by atoms with Gasteiger partial charge in [0, 0.05) is 49.5 Å². The van der Waals surface area contributed by atoms with Crippen LogP contribution in [0.3, 0.4) is 0 Å². The third kappa shape index (κ3) is 3.90. The summed E-state index contributed by atoms with van der Waals surface area (Å²) in [5.41, 5.74) is 7.69. The maximum atomic E-state index is 13.9. The first-order chi connectivity index (χ1) is 12.8. The molecule has 0 unspecified atom stereocenters. The largest absolute Gasteiger partial charge is 0.355 e. The van der Waals surface area contributed by atoms with Gasteiger partial charge in [0.15, 0.2) is 11.6 Å². The highest BCUT2D eigenvalue weighted by Gasteiger charge is 2.25. The van der Waals surface area contributed by atoms with Crippen molar-refractivity contribution < 1.29 is 13.6 Å². The van der Waals surface area contributed by atoms with Crippen LogP contribution in [0.1, 0.15) is 33.9 Å². The number of hydrogen-bond donors (Lipinski definition) is 1. The molecular weight excluding hydrogens is 352 g/mol. The summed E-state index contributed by atoms with van der Waals surface area (Å²) in [5.74, 6) is -1.61. The smallest absolute Gasteiger partial charge is 0.291 e. The number of anilines is 1. The molecule has 6 nitrogen and oxygen atoms in total. The Morgan fingerprint density at radius 1 is 1.33 bits per heavy atom. The molecule has 0 aliphatic carbocycles. The minimum absolute atomic E-state index is 0.0351. The molecule has 1 atom stereocenters. The van der Waals surface area contributed by atoms with Crippen LogP contribution in [0.15, 0.2) is 18.2 Å². The Balaban J connectivity index is 1.85. The molecule has 2 aromatic rings. The predicted octanol–water partition coefficient (Wildman–Crippen LogP) is 2.18. The monoisotopic (exact) mass is 375 g/mol. The lowest BCUT2D eigenvalue weighted by atomic mass is 10.2. The lowest BCUT2D eigenvalue weighted by molar-refractivity contribution is 0.0771. The van der Waals surface area contributed by atoms with Gasteiger partial charge < -0.3 is 15.5 Å². The van der Waals surface area contributed by atoms with Gasteiger partial charge >= 0.3 is 0 Å². The third-order valence-corrected chi connectivity index (χ3v) is 4.86. The van der Waals surface area contributed by atoms with Gasteiger partial charge in [0.1, 0.15) is 5.82 Å². The molecule has 1 aliphatic rings. The van der Waals surface area contributed by atoms with Gasteiger partial charge in [-0.25, -0.2) is 18.7 Å². The molecule has 2 heterocycles. The van der Waals surface area contributed by atoms with Gasteiger partial charge in [-0.05, 0) is 26.3 Å². The molecule has 1 aromatic heterocycles. The van der Waals surface area contributed by atoms with Crippen molar-refractivity contribution in [2.24, 2.45) is 5.73 Å². The Hall–Kier alpha value is -2.61. The number of nitrogens with zero attached hydrogens (tertiary/aromatic N) is 4.